The van der Waals surface area contributed by atoms with Crippen LogP contribution in [0.5, 0.6) is 0 Å². The van der Waals surface area contributed by atoms with Gasteiger partial charge in [-0.3, -0.25) is 9.59 Å². The van der Waals surface area contributed by atoms with E-state index in [0.717, 1.165) is 38.5 Å². The van der Waals surface area contributed by atoms with Gasteiger partial charge in [0.1, 0.15) is 12.6 Å². The van der Waals surface area contributed by atoms with Gasteiger partial charge in [0.15, 0.2) is 6.10 Å². The lowest BCUT2D eigenvalue weighted by Crippen LogP contribution is -2.55. The minimum Gasteiger partial charge on any atom is -0.544 e. The van der Waals surface area contributed by atoms with Crippen LogP contribution in [0, 0.1) is 0 Å². The number of esters is 2. The third-order valence-corrected chi connectivity index (χ3v) is 8.40. The molecular formula is C38H71NO7. The molecule has 0 fully saturated rings. The number of carboxylic acid groups (broad SMARTS) is 1. The topological polar surface area (TPSA) is 102 Å². The zero-order valence-corrected chi connectivity index (χ0v) is 30.5. The molecule has 0 saturated heterocycles. The Bertz CT molecular complexity index is 778. The van der Waals surface area contributed by atoms with Crippen molar-refractivity contribution >= 4 is 17.9 Å². The normalized spacial score (nSPS) is 13.2. The number of hydrogen-bond donors (Lipinski definition) is 0. The minimum atomic E-state index is -1.13. The zero-order valence-electron chi connectivity index (χ0n) is 30.5. The molecule has 0 aromatic carbocycles. The fourth-order valence-corrected chi connectivity index (χ4v) is 5.42. The number of aliphatic carboxylic acids is 1. The van der Waals surface area contributed by atoms with Crippen LogP contribution in [0.25, 0.3) is 0 Å². The van der Waals surface area contributed by atoms with E-state index in [-0.39, 0.29) is 42.7 Å². The van der Waals surface area contributed by atoms with Gasteiger partial charge in [-0.15, -0.1) is 0 Å². The monoisotopic (exact) mass is 654 g/mol. The quantitative estimate of drug-likeness (QED) is 0.0308. The number of unbranched alkanes of at least 4 members (excludes halogenated alkanes) is 17. The molecule has 46 heavy (non-hydrogen) atoms. The second-order valence-corrected chi connectivity index (χ2v) is 13.8. The molecule has 0 aliphatic carbocycles. The van der Waals surface area contributed by atoms with E-state index in [1.165, 1.54) is 89.9 Å². The van der Waals surface area contributed by atoms with Crippen molar-refractivity contribution in [1.82, 2.24) is 0 Å². The van der Waals surface area contributed by atoms with Crippen molar-refractivity contribution in [3.63, 3.8) is 0 Å². The van der Waals surface area contributed by atoms with Gasteiger partial charge < -0.3 is 28.6 Å². The van der Waals surface area contributed by atoms with E-state index in [0.29, 0.717) is 12.8 Å². The molecule has 0 rings (SSSR count). The molecule has 0 spiro atoms. The summed E-state index contributed by atoms with van der Waals surface area (Å²) in [7, 11) is 5.39. The lowest BCUT2D eigenvalue weighted by Gasteiger charge is -2.34. The number of rotatable bonds is 33. The van der Waals surface area contributed by atoms with Crippen molar-refractivity contribution < 1.29 is 38.2 Å². The van der Waals surface area contributed by atoms with Crippen LogP contribution in [0.15, 0.2) is 12.2 Å². The van der Waals surface area contributed by atoms with Crippen molar-refractivity contribution in [1.29, 1.82) is 0 Å². The third kappa shape index (κ3) is 28.3. The van der Waals surface area contributed by atoms with Crippen molar-refractivity contribution in [2.75, 3.05) is 41.0 Å². The molecule has 0 aromatic heterocycles. The maximum Gasteiger partial charge on any atom is 0.306 e. The Hall–Kier alpha value is -1.93. The first-order valence-electron chi connectivity index (χ1n) is 18.7. The molecule has 2 unspecified atom stereocenters. The maximum absolute atomic E-state index is 12.6. The summed E-state index contributed by atoms with van der Waals surface area (Å²) in [6.07, 6.45) is 28.1. The molecule has 0 bridgehead atoms. The zero-order chi connectivity index (χ0) is 34.3. The number of quaternary nitrogens is 1. The summed E-state index contributed by atoms with van der Waals surface area (Å²) in [5.74, 6) is -1.74. The van der Waals surface area contributed by atoms with Crippen LogP contribution in [-0.2, 0) is 28.6 Å². The molecule has 0 N–H and O–H groups in total. The molecular weight excluding hydrogens is 582 g/mol. The Morgan fingerprint density at radius 3 is 1.59 bits per heavy atom. The Labute approximate surface area is 282 Å². The van der Waals surface area contributed by atoms with E-state index in [4.69, 9.17) is 14.2 Å². The first kappa shape index (κ1) is 44.1. The van der Waals surface area contributed by atoms with Crippen LogP contribution >= 0.6 is 0 Å². The summed E-state index contributed by atoms with van der Waals surface area (Å²) in [5.41, 5.74) is 0. The van der Waals surface area contributed by atoms with Gasteiger partial charge in [-0.2, -0.15) is 0 Å². The number of hydrogen-bond acceptors (Lipinski definition) is 7. The smallest absolute Gasteiger partial charge is 0.306 e. The molecule has 0 amide bonds. The highest BCUT2D eigenvalue weighted by Gasteiger charge is 2.25. The molecule has 0 aromatic rings. The Balaban J connectivity index is 4.37. The van der Waals surface area contributed by atoms with E-state index in [2.05, 4.69) is 26.0 Å². The van der Waals surface area contributed by atoms with Crippen LogP contribution in [0.3, 0.4) is 0 Å². The predicted octanol–water partition coefficient (Wildman–Crippen LogP) is 7.85. The largest absolute Gasteiger partial charge is 0.544 e. The van der Waals surface area contributed by atoms with Gasteiger partial charge in [-0.05, 0) is 38.5 Å². The van der Waals surface area contributed by atoms with Crippen LogP contribution in [0.2, 0.25) is 0 Å². The van der Waals surface area contributed by atoms with Crippen molar-refractivity contribution in [3.05, 3.63) is 12.2 Å². The number of ether oxygens (including phenoxy) is 3. The molecule has 8 heteroatoms. The van der Waals surface area contributed by atoms with Crippen LogP contribution < -0.4 is 5.11 Å². The van der Waals surface area contributed by atoms with Gasteiger partial charge in [-0.25, -0.2) is 0 Å². The van der Waals surface area contributed by atoms with Crippen LogP contribution in [0.1, 0.15) is 162 Å². The van der Waals surface area contributed by atoms with E-state index >= 15 is 0 Å². The summed E-state index contributed by atoms with van der Waals surface area (Å²) in [5, 5.41) is 11.5. The Morgan fingerprint density at radius 2 is 1.09 bits per heavy atom. The molecule has 0 aliphatic heterocycles. The number of carboxylic acids is 1. The first-order valence-corrected chi connectivity index (χ1v) is 18.7. The predicted molar refractivity (Wildman–Crippen MR) is 185 cm³/mol. The van der Waals surface area contributed by atoms with Gasteiger partial charge in [0.05, 0.1) is 40.3 Å². The lowest BCUT2D eigenvalue weighted by molar-refractivity contribution is -0.889. The third-order valence-electron chi connectivity index (χ3n) is 8.40. The first-order chi connectivity index (χ1) is 22.1. The molecule has 2 atom stereocenters. The molecule has 8 nitrogen and oxygen atoms in total. The van der Waals surface area contributed by atoms with Crippen molar-refractivity contribution in [2.45, 2.75) is 174 Å². The van der Waals surface area contributed by atoms with E-state index < -0.39 is 18.1 Å². The molecule has 0 aliphatic rings. The van der Waals surface area contributed by atoms with Crippen molar-refractivity contribution in [3.8, 4) is 0 Å². The van der Waals surface area contributed by atoms with Gasteiger partial charge in [0.25, 0.3) is 0 Å². The second-order valence-electron chi connectivity index (χ2n) is 13.8. The lowest BCUT2D eigenvalue weighted by atomic mass is 10.1. The van der Waals surface area contributed by atoms with E-state index in [1.807, 2.05) is 0 Å². The standard InChI is InChI=1S/C38H71NO7/c1-6-8-10-12-14-15-16-17-18-19-20-21-23-25-27-29-37(41)46-34(32-44-31-30-35(38(42)43)39(3,4)5)33-45-36(40)28-26-24-22-13-11-9-7-2/h15-16,34-35H,6-14,17-33H2,1-5H3/b16-15+. The van der Waals surface area contributed by atoms with Gasteiger partial charge >= 0.3 is 11.9 Å². The van der Waals surface area contributed by atoms with E-state index in [1.54, 1.807) is 21.1 Å². The Morgan fingerprint density at radius 1 is 0.630 bits per heavy atom. The van der Waals surface area contributed by atoms with Gasteiger partial charge in [0, 0.05) is 19.3 Å². The highest BCUT2D eigenvalue weighted by atomic mass is 16.6. The number of allylic oxidation sites excluding steroid dienone is 2. The molecule has 0 saturated carbocycles. The van der Waals surface area contributed by atoms with Crippen molar-refractivity contribution in [2.24, 2.45) is 0 Å². The maximum atomic E-state index is 12.6. The SMILES string of the molecule is CCCCCC/C=C/CCCCCCCCCC(=O)OC(COCCC(C(=O)[O-])[N+](C)(C)C)COC(=O)CCCCCCCCC. The number of carbonyl (C=O) groups excluding carboxylic acids is 3. The van der Waals surface area contributed by atoms with Gasteiger partial charge in [0.2, 0.25) is 0 Å². The summed E-state index contributed by atoms with van der Waals surface area (Å²) in [6.45, 7) is 4.59. The fraction of sp³-hybridized carbons (Fsp3) is 0.868. The molecule has 0 heterocycles. The summed E-state index contributed by atoms with van der Waals surface area (Å²) in [4.78, 5) is 36.5. The number of nitrogens with zero attached hydrogens (tertiary/aromatic N) is 1. The minimum absolute atomic E-state index is 0.0431. The van der Waals surface area contributed by atoms with E-state index in [9.17, 15) is 19.5 Å². The average Bonchev–Trinajstić information content (AvgIpc) is 3.00. The summed E-state index contributed by atoms with van der Waals surface area (Å²) >= 11 is 0. The number of carbonyl (C=O) groups is 3. The Kier molecular flexibility index (Phi) is 29.1. The van der Waals surface area contributed by atoms with Crippen LogP contribution in [0.4, 0.5) is 0 Å². The fourth-order valence-electron chi connectivity index (χ4n) is 5.42. The highest BCUT2D eigenvalue weighted by molar-refractivity contribution is 5.70. The number of likely N-dealkylation sites (N-methyl/N-ethyl adjacent to an activating group) is 1. The second kappa shape index (κ2) is 30.4. The highest BCUT2D eigenvalue weighted by Crippen LogP contribution is 2.13. The molecule has 0 radical (unpaired) electrons. The summed E-state index contributed by atoms with van der Waals surface area (Å²) < 4.78 is 17.0. The van der Waals surface area contributed by atoms with Crippen LogP contribution in [-0.4, -0.2) is 75.5 Å². The summed E-state index contributed by atoms with van der Waals surface area (Å²) in [6, 6.07) is -0.720. The molecule has 270 valence electrons. The average molecular weight is 654 g/mol. The van der Waals surface area contributed by atoms with Gasteiger partial charge in [-0.1, -0.05) is 116 Å².